The fraction of sp³-hybridized carbons (Fsp3) is 0.300. The number of phenolic OH excluding ortho intramolecular Hbond substituents is 1. The molecule has 0 aliphatic heterocycles. The molecule has 1 N–H and O–H groups in total. The maximum absolute atomic E-state index is 11.9. The van der Waals surface area contributed by atoms with E-state index in [0.29, 0.717) is 6.29 Å². The van der Waals surface area contributed by atoms with E-state index in [-0.39, 0.29) is 10.6 Å². The van der Waals surface area contributed by atoms with Crippen LogP contribution >= 0.6 is 0 Å². The summed E-state index contributed by atoms with van der Waals surface area (Å²) in [5, 5.41) is 9.41. The van der Waals surface area contributed by atoms with Gasteiger partial charge in [-0.3, -0.25) is 0 Å². The van der Waals surface area contributed by atoms with Gasteiger partial charge in [-0.2, -0.15) is 0 Å². The third kappa shape index (κ3) is 1.87. The van der Waals surface area contributed by atoms with E-state index in [4.69, 9.17) is 0 Å². The number of aldehydes is 1. The summed E-state index contributed by atoms with van der Waals surface area (Å²) in [6.07, 6.45) is 0.356. The van der Waals surface area contributed by atoms with E-state index in [1.807, 2.05) is 0 Å². The maximum Gasteiger partial charge on any atom is 0.193 e. The second-order valence-electron chi connectivity index (χ2n) is 3.69. The molecule has 1 aromatic rings. The summed E-state index contributed by atoms with van der Waals surface area (Å²) in [5.41, 5.74) is 0. The van der Waals surface area contributed by atoms with Crippen molar-refractivity contribution >= 4 is 16.1 Å². The first-order valence-corrected chi connectivity index (χ1v) is 5.80. The van der Waals surface area contributed by atoms with Crippen LogP contribution in [-0.2, 0) is 14.6 Å². The van der Waals surface area contributed by atoms with Crippen molar-refractivity contribution in [1.82, 2.24) is 0 Å². The Labute approximate surface area is 88.5 Å². The van der Waals surface area contributed by atoms with Crippen LogP contribution in [0.2, 0.25) is 0 Å². The van der Waals surface area contributed by atoms with Gasteiger partial charge in [0.05, 0.1) is 0 Å². The van der Waals surface area contributed by atoms with Crippen molar-refractivity contribution in [1.29, 1.82) is 0 Å². The Kier molecular flexibility index (Phi) is 2.86. The smallest absolute Gasteiger partial charge is 0.193 e. The number of para-hydroxylation sites is 1. The maximum atomic E-state index is 11.9. The number of carbonyl (C=O) groups excluding carboxylic acids is 1. The van der Waals surface area contributed by atoms with E-state index >= 15 is 0 Å². The number of benzene rings is 1. The molecule has 5 heteroatoms. The molecule has 1 rings (SSSR count). The summed E-state index contributed by atoms with van der Waals surface area (Å²) >= 11 is 0. The SMILES string of the molecule is CC(C)(C=O)S(=O)(=O)c1ccccc1O. The number of rotatable bonds is 3. The van der Waals surface area contributed by atoms with Gasteiger partial charge in [-0.15, -0.1) is 0 Å². The van der Waals surface area contributed by atoms with Crippen molar-refractivity contribution in [2.24, 2.45) is 0 Å². The van der Waals surface area contributed by atoms with Gasteiger partial charge < -0.3 is 9.90 Å². The highest BCUT2D eigenvalue weighted by atomic mass is 32.2. The summed E-state index contributed by atoms with van der Waals surface area (Å²) in [6.45, 7) is 2.59. The zero-order valence-corrected chi connectivity index (χ0v) is 9.28. The Balaban J connectivity index is 3.43. The number of sulfone groups is 1. The van der Waals surface area contributed by atoms with Crippen molar-refractivity contribution in [3.05, 3.63) is 24.3 Å². The molecule has 0 aromatic heterocycles. The van der Waals surface area contributed by atoms with Crippen molar-refractivity contribution in [2.45, 2.75) is 23.5 Å². The minimum atomic E-state index is -3.84. The fourth-order valence-corrected chi connectivity index (χ4v) is 2.33. The van der Waals surface area contributed by atoms with Gasteiger partial charge in [-0.05, 0) is 26.0 Å². The average molecular weight is 228 g/mol. The number of hydrogen-bond donors (Lipinski definition) is 1. The average Bonchev–Trinajstić information content (AvgIpc) is 2.18. The van der Waals surface area contributed by atoms with Crippen molar-refractivity contribution in [3.8, 4) is 5.75 Å². The van der Waals surface area contributed by atoms with Gasteiger partial charge in [-0.1, -0.05) is 12.1 Å². The molecule has 1 aromatic carbocycles. The highest BCUT2D eigenvalue weighted by Crippen LogP contribution is 2.29. The third-order valence-electron chi connectivity index (χ3n) is 2.13. The predicted molar refractivity (Wildman–Crippen MR) is 55.4 cm³/mol. The first-order chi connectivity index (χ1) is 6.83. The van der Waals surface area contributed by atoms with Crippen LogP contribution in [0.15, 0.2) is 29.2 Å². The van der Waals surface area contributed by atoms with Crippen LogP contribution in [0.1, 0.15) is 13.8 Å². The quantitative estimate of drug-likeness (QED) is 0.787. The summed E-state index contributed by atoms with van der Waals surface area (Å²) in [6, 6.07) is 5.55. The van der Waals surface area contributed by atoms with Crippen LogP contribution in [0.25, 0.3) is 0 Å². The fourth-order valence-electron chi connectivity index (χ4n) is 1.03. The number of carbonyl (C=O) groups is 1. The molecule has 0 aliphatic carbocycles. The molecule has 0 saturated carbocycles. The normalized spacial score (nSPS) is 12.4. The van der Waals surface area contributed by atoms with Crippen molar-refractivity contribution < 1.29 is 18.3 Å². The molecule has 0 fully saturated rings. The minimum absolute atomic E-state index is 0.220. The van der Waals surface area contributed by atoms with Gasteiger partial charge in [0.25, 0.3) is 0 Å². The molecule has 0 saturated heterocycles. The van der Waals surface area contributed by atoms with Crippen LogP contribution in [0.4, 0.5) is 0 Å². The summed E-state index contributed by atoms with van der Waals surface area (Å²) in [7, 11) is -3.84. The second kappa shape index (κ2) is 3.66. The van der Waals surface area contributed by atoms with E-state index < -0.39 is 14.6 Å². The molecule has 0 spiro atoms. The van der Waals surface area contributed by atoms with Gasteiger partial charge in [0, 0.05) is 0 Å². The van der Waals surface area contributed by atoms with Gasteiger partial charge in [0.2, 0.25) is 0 Å². The minimum Gasteiger partial charge on any atom is -0.507 e. The number of aromatic hydroxyl groups is 1. The Morgan fingerprint density at radius 3 is 2.27 bits per heavy atom. The second-order valence-corrected chi connectivity index (χ2v) is 6.19. The van der Waals surface area contributed by atoms with Crippen molar-refractivity contribution in [3.63, 3.8) is 0 Å². The lowest BCUT2D eigenvalue weighted by Gasteiger charge is -2.18. The monoisotopic (exact) mass is 228 g/mol. The van der Waals surface area contributed by atoms with Crippen LogP contribution in [0.5, 0.6) is 5.75 Å². The molecular weight excluding hydrogens is 216 g/mol. The molecule has 0 bridgehead atoms. The van der Waals surface area contributed by atoms with Gasteiger partial charge in [-0.25, -0.2) is 8.42 Å². The van der Waals surface area contributed by atoms with Crippen LogP contribution < -0.4 is 0 Å². The summed E-state index contributed by atoms with van der Waals surface area (Å²) in [4.78, 5) is 10.5. The van der Waals surface area contributed by atoms with Gasteiger partial charge >= 0.3 is 0 Å². The van der Waals surface area contributed by atoms with E-state index in [9.17, 15) is 18.3 Å². The third-order valence-corrected chi connectivity index (χ3v) is 4.54. The molecular formula is C10H12O4S. The summed E-state index contributed by atoms with van der Waals surface area (Å²) < 4.78 is 22.3. The molecule has 0 heterocycles. The van der Waals surface area contributed by atoms with Crippen LogP contribution in [0.3, 0.4) is 0 Å². The molecule has 0 radical (unpaired) electrons. The topological polar surface area (TPSA) is 71.4 Å². The molecule has 0 atom stereocenters. The zero-order chi connectivity index (χ0) is 11.7. The predicted octanol–water partition coefficient (Wildman–Crippen LogP) is 1.14. The molecule has 0 amide bonds. The first kappa shape index (κ1) is 11.7. The van der Waals surface area contributed by atoms with Crippen molar-refractivity contribution in [2.75, 3.05) is 0 Å². The zero-order valence-electron chi connectivity index (χ0n) is 8.47. The molecule has 15 heavy (non-hydrogen) atoms. The number of hydrogen-bond acceptors (Lipinski definition) is 4. The molecule has 4 nitrogen and oxygen atoms in total. The standard InChI is InChI=1S/C10H12O4S/c1-10(2,7-11)15(13,14)9-6-4-3-5-8(9)12/h3-7,12H,1-2H3. The van der Waals surface area contributed by atoms with Gasteiger partial charge in [0.1, 0.15) is 21.7 Å². The Morgan fingerprint density at radius 1 is 1.27 bits per heavy atom. The van der Waals surface area contributed by atoms with E-state index in [1.165, 1.54) is 38.1 Å². The Morgan fingerprint density at radius 2 is 1.80 bits per heavy atom. The lowest BCUT2D eigenvalue weighted by atomic mass is 10.2. The highest BCUT2D eigenvalue weighted by molar-refractivity contribution is 7.93. The molecule has 82 valence electrons. The number of phenols is 1. The Bertz CT molecular complexity index is 474. The van der Waals surface area contributed by atoms with E-state index in [1.54, 1.807) is 0 Å². The first-order valence-electron chi connectivity index (χ1n) is 4.32. The Hall–Kier alpha value is -1.36. The van der Waals surface area contributed by atoms with Crippen LogP contribution in [0, 0.1) is 0 Å². The van der Waals surface area contributed by atoms with E-state index in [2.05, 4.69) is 0 Å². The van der Waals surface area contributed by atoms with Crippen LogP contribution in [-0.4, -0.2) is 24.6 Å². The highest BCUT2D eigenvalue weighted by Gasteiger charge is 2.37. The van der Waals surface area contributed by atoms with E-state index in [0.717, 1.165) is 0 Å². The molecule has 0 unspecified atom stereocenters. The lowest BCUT2D eigenvalue weighted by molar-refractivity contribution is -0.109. The largest absolute Gasteiger partial charge is 0.507 e. The van der Waals surface area contributed by atoms with Gasteiger partial charge in [0.15, 0.2) is 9.84 Å². The summed E-state index contributed by atoms with van der Waals surface area (Å²) in [5.74, 6) is -0.340. The lowest BCUT2D eigenvalue weighted by Crippen LogP contribution is -2.33. The molecule has 0 aliphatic rings.